The zero-order chi connectivity index (χ0) is 36.5. The molecule has 0 atom stereocenters. The topological polar surface area (TPSA) is 133 Å². The van der Waals surface area contributed by atoms with Crippen LogP contribution in [0.4, 0.5) is 0 Å². The van der Waals surface area contributed by atoms with E-state index in [2.05, 4.69) is 48.6 Å². The second-order valence-electron chi connectivity index (χ2n) is 11.3. The second-order valence-corrected chi connectivity index (χ2v) is 11.3. The van der Waals surface area contributed by atoms with Crippen LogP contribution in [0, 0.1) is 13.8 Å². The van der Waals surface area contributed by atoms with Gasteiger partial charge < -0.3 is 14.5 Å². The van der Waals surface area contributed by atoms with Gasteiger partial charge in [0.1, 0.15) is 43.2 Å². The Labute approximate surface area is 294 Å². The van der Waals surface area contributed by atoms with Gasteiger partial charge in [-0.05, 0) is 94.3 Å². The molecule has 0 saturated carbocycles. The number of aryl methyl sites for hydroxylation is 2. The minimum absolute atomic E-state index is 0.0632. The lowest BCUT2D eigenvalue weighted by Gasteiger charge is -2.07. The lowest BCUT2D eigenvalue weighted by molar-refractivity contribution is 0.101. The second kappa shape index (κ2) is 19.9. The minimum Gasteiger partial charge on any atom is -0.399 e. The molecule has 11 heteroatoms. The SMILES string of the molecule is C=C(CCO/N=C(\C)c1cccc(C)n1)c1cccc(/C(C)=N/OC)n1.C=C(CCO/N=C(\C)c1cccc(C)n1)c1cccc(C(C)=O)n1. The number of pyridine rings is 4. The number of nitrogens with zero attached hydrogens (tertiary/aromatic N) is 7. The van der Waals surface area contributed by atoms with Gasteiger partial charge in [0.2, 0.25) is 0 Å². The number of carbonyl (C=O) groups is 1. The highest BCUT2D eigenvalue weighted by Crippen LogP contribution is 2.16. The fraction of sp³-hybridized carbons (Fsp3) is 0.282. The number of oxime groups is 3. The molecule has 4 aromatic rings. The van der Waals surface area contributed by atoms with Gasteiger partial charge in [-0.15, -0.1) is 0 Å². The van der Waals surface area contributed by atoms with Crippen LogP contribution in [0.1, 0.15) is 90.9 Å². The maximum Gasteiger partial charge on any atom is 0.178 e. The van der Waals surface area contributed by atoms with Gasteiger partial charge in [0.05, 0.1) is 28.5 Å². The Bertz CT molecular complexity index is 1880. The van der Waals surface area contributed by atoms with Crippen LogP contribution in [-0.4, -0.2) is 63.2 Å². The van der Waals surface area contributed by atoms with Gasteiger partial charge in [0, 0.05) is 31.2 Å². The smallest absolute Gasteiger partial charge is 0.178 e. The largest absolute Gasteiger partial charge is 0.399 e. The molecule has 260 valence electrons. The third-order valence-corrected chi connectivity index (χ3v) is 7.09. The molecule has 0 bridgehead atoms. The lowest BCUT2D eigenvalue weighted by atomic mass is 10.1. The summed E-state index contributed by atoms with van der Waals surface area (Å²) in [6.45, 7) is 19.8. The molecule has 0 aromatic carbocycles. The quantitative estimate of drug-likeness (QED) is 0.0539. The van der Waals surface area contributed by atoms with Crippen molar-refractivity contribution < 1.29 is 19.3 Å². The van der Waals surface area contributed by atoms with Gasteiger partial charge in [-0.2, -0.15) is 0 Å². The normalized spacial score (nSPS) is 11.6. The van der Waals surface area contributed by atoms with E-state index in [0.717, 1.165) is 56.7 Å². The number of rotatable bonds is 15. The molecule has 0 amide bonds. The van der Waals surface area contributed by atoms with Crippen molar-refractivity contribution in [2.45, 2.75) is 54.4 Å². The lowest BCUT2D eigenvalue weighted by Crippen LogP contribution is -2.03. The van der Waals surface area contributed by atoms with Crippen LogP contribution >= 0.6 is 0 Å². The summed E-state index contributed by atoms with van der Waals surface area (Å²) in [7, 11) is 1.51. The van der Waals surface area contributed by atoms with Crippen LogP contribution < -0.4 is 0 Å². The summed E-state index contributed by atoms with van der Waals surface area (Å²) in [6.07, 6.45) is 1.20. The van der Waals surface area contributed by atoms with Gasteiger partial charge in [-0.25, -0.2) is 9.97 Å². The molecule has 4 aromatic heterocycles. The fourth-order valence-electron chi connectivity index (χ4n) is 4.31. The zero-order valence-electron chi connectivity index (χ0n) is 29.9. The van der Waals surface area contributed by atoms with Crippen molar-refractivity contribution in [3.05, 3.63) is 132 Å². The van der Waals surface area contributed by atoms with Gasteiger partial charge in [-0.1, -0.05) is 52.9 Å². The first-order valence-corrected chi connectivity index (χ1v) is 16.1. The average Bonchev–Trinajstić information content (AvgIpc) is 3.12. The Kier molecular flexibility index (Phi) is 15.3. The van der Waals surface area contributed by atoms with Crippen molar-refractivity contribution >= 4 is 34.1 Å². The van der Waals surface area contributed by atoms with E-state index in [0.29, 0.717) is 43.2 Å². The maximum absolute atomic E-state index is 11.4. The van der Waals surface area contributed by atoms with Crippen LogP contribution in [0.2, 0.25) is 0 Å². The van der Waals surface area contributed by atoms with E-state index in [1.165, 1.54) is 14.0 Å². The van der Waals surface area contributed by atoms with E-state index in [9.17, 15) is 4.79 Å². The van der Waals surface area contributed by atoms with Crippen LogP contribution in [-0.2, 0) is 14.5 Å². The molecular formula is C39H45N7O4. The fourth-order valence-corrected chi connectivity index (χ4v) is 4.31. The minimum atomic E-state index is -0.0632. The van der Waals surface area contributed by atoms with Gasteiger partial charge in [-0.3, -0.25) is 14.8 Å². The summed E-state index contributed by atoms with van der Waals surface area (Å²) >= 11 is 0. The molecular weight excluding hydrogens is 630 g/mol. The number of Topliss-reactive ketones (excluding diaryl/α,β-unsaturated/α-hetero) is 1. The summed E-state index contributed by atoms with van der Waals surface area (Å²) in [6, 6.07) is 22.6. The molecule has 0 aliphatic heterocycles. The molecule has 11 nitrogen and oxygen atoms in total. The van der Waals surface area contributed by atoms with E-state index in [4.69, 9.17) is 14.5 Å². The Hall–Kier alpha value is -5.84. The first-order chi connectivity index (χ1) is 24.0. The average molecular weight is 676 g/mol. The first-order valence-electron chi connectivity index (χ1n) is 16.1. The molecule has 0 N–H and O–H groups in total. The van der Waals surface area contributed by atoms with Crippen molar-refractivity contribution in [3.8, 4) is 0 Å². The summed E-state index contributed by atoms with van der Waals surface area (Å²) in [4.78, 5) is 44.6. The van der Waals surface area contributed by atoms with E-state index < -0.39 is 0 Å². The van der Waals surface area contributed by atoms with Crippen LogP contribution in [0.25, 0.3) is 11.1 Å². The number of hydrogen-bond acceptors (Lipinski definition) is 11. The van der Waals surface area contributed by atoms with Crippen LogP contribution in [0.5, 0.6) is 0 Å². The third-order valence-electron chi connectivity index (χ3n) is 7.09. The number of ketones is 1. The van der Waals surface area contributed by atoms with Gasteiger partial charge in [0.25, 0.3) is 0 Å². The molecule has 4 heterocycles. The number of carbonyl (C=O) groups excluding carboxylic acids is 1. The molecule has 0 radical (unpaired) electrons. The molecule has 0 fully saturated rings. The Balaban J connectivity index is 0.000000271. The molecule has 0 aliphatic carbocycles. The molecule has 0 spiro atoms. The summed E-state index contributed by atoms with van der Waals surface area (Å²) < 4.78 is 0. The highest BCUT2D eigenvalue weighted by molar-refractivity contribution is 5.97. The summed E-state index contributed by atoms with van der Waals surface area (Å²) in [5.74, 6) is -0.0632. The monoisotopic (exact) mass is 675 g/mol. The zero-order valence-corrected chi connectivity index (χ0v) is 29.9. The Morgan fingerprint density at radius 1 is 0.560 bits per heavy atom. The molecule has 4 rings (SSSR count). The summed E-state index contributed by atoms with van der Waals surface area (Å²) in [5.41, 5.74) is 10.0. The predicted molar refractivity (Wildman–Crippen MR) is 199 cm³/mol. The molecule has 0 aliphatic rings. The number of hydrogen-bond donors (Lipinski definition) is 0. The standard InChI is InChI=1S/C20H24N4O2.C19H21N3O2/c1-14(18-9-7-11-20(22-18)16(3)23-25-5)12-13-26-24-17(4)19-10-6-8-15(2)21-19;1-13(17-8-6-10-19(21-17)16(4)23)11-12-24-22-15(3)18-9-5-7-14(2)20-18/h6-11H,1,12-13H2,2-5H3;5-10H,1,11-12H2,2-4H3/b23-16+,24-17+;22-15+. The molecule has 0 unspecified atom stereocenters. The predicted octanol–water partition coefficient (Wildman–Crippen LogP) is 7.83. The number of aromatic nitrogens is 4. The van der Waals surface area contributed by atoms with Crippen LogP contribution in [0.3, 0.4) is 0 Å². The van der Waals surface area contributed by atoms with Gasteiger partial charge >= 0.3 is 0 Å². The highest BCUT2D eigenvalue weighted by Gasteiger charge is 2.08. The van der Waals surface area contributed by atoms with E-state index >= 15 is 0 Å². The van der Waals surface area contributed by atoms with Crippen molar-refractivity contribution in [2.24, 2.45) is 15.5 Å². The van der Waals surface area contributed by atoms with Crippen molar-refractivity contribution in [1.29, 1.82) is 0 Å². The van der Waals surface area contributed by atoms with E-state index in [1.54, 1.807) is 12.1 Å². The van der Waals surface area contributed by atoms with E-state index in [-0.39, 0.29) is 5.78 Å². The van der Waals surface area contributed by atoms with E-state index in [1.807, 2.05) is 95.3 Å². The molecule has 50 heavy (non-hydrogen) atoms. The maximum atomic E-state index is 11.4. The highest BCUT2D eigenvalue weighted by atomic mass is 16.6. The molecule has 0 saturated heterocycles. The first kappa shape index (κ1) is 38.6. The van der Waals surface area contributed by atoms with Crippen molar-refractivity contribution in [2.75, 3.05) is 20.3 Å². The third kappa shape index (κ3) is 12.6. The van der Waals surface area contributed by atoms with Crippen molar-refractivity contribution in [1.82, 2.24) is 19.9 Å². The van der Waals surface area contributed by atoms with Crippen LogP contribution in [0.15, 0.2) is 101 Å². The Morgan fingerprint density at radius 2 is 0.920 bits per heavy atom. The van der Waals surface area contributed by atoms with Crippen molar-refractivity contribution in [3.63, 3.8) is 0 Å². The Morgan fingerprint density at radius 3 is 1.34 bits per heavy atom. The summed E-state index contributed by atoms with van der Waals surface area (Å²) in [5, 5.41) is 12.1. The van der Waals surface area contributed by atoms with Gasteiger partial charge in [0.15, 0.2) is 5.78 Å².